The zero-order valence-electron chi connectivity index (χ0n) is 21.3. The molecule has 0 bridgehead atoms. The third-order valence-corrected chi connectivity index (χ3v) is 5.52. The van der Waals surface area contributed by atoms with Gasteiger partial charge < -0.3 is 19.5 Å². The molecule has 1 aromatic carbocycles. The van der Waals surface area contributed by atoms with E-state index >= 15 is 0 Å². The Labute approximate surface area is 197 Å². The highest BCUT2D eigenvalue weighted by Gasteiger charge is 2.04. The quantitative estimate of drug-likeness (QED) is 0.172. The molecule has 0 amide bonds. The van der Waals surface area contributed by atoms with Crippen LogP contribution < -0.4 is 5.11 Å². The van der Waals surface area contributed by atoms with Gasteiger partial charge in [0.05, 0.1) is 33.7 Å². The monoisotopic (exact) mass is 447 g/mol. The molecule has 0 spiro atoms. The van der Waals surface area contributed by atoms with Gasteiger partial charge in [0.15, 0.2) is 0 Å². The van der Waals surface area contributed by atoms with Gasteiger partial charge in [-0.2, -0.15) is 0 Å². The van der Waals surface area contributed by atoms with Crippen molar-refractivity contribution in [1.82, 2.24) is 0 Å². The van der Waals surface area contributed by atoms with E-state index in [-0.39, 0.29) is 5.75 Å². The van der Waals surface area contributed by atoms with Crippen LogP contribution in [0, 0.1) is 0 Å². The number of aliphatic carboxylic acids is 1. The number of hydrogen-bond acceptors (Lipinski definition) is 3. The summed E-state index contributed by atoms with van der Waals surface area (Å²) >= 11 is 0. The Kier molecular flexibility index (Phi) is 18.7. The van der Waals surface area contributed by atoms with Crippen molar-refractivity contribution < 1.29 is 19.5 Å². The van der Waals surface area contributed by atoms with Crippen molar-refractivity contribution in [3.05, 3.63) is 35.9 Å². The van der Waals surface area contributed by atoms with Crippen LogP contribution in [0.2, 0.25) is 0 Å². The van der Waals surface area contributed by atoms with Crippen LogP contribution >= 0.6 is 0 Å². The molecule has 0 atom stereocenters. The number of phenolic OH excluding ortho intramolecular Hbond substituents is 1. The third kappa shape index (κ3) is 21.4. The normalized spacial score (nSPS) is 11.4. The van der Waals surface area contributed by atoms with Gasteiger partial charge in [0, 0.05) is 5.56 Å². The number of carboxylic acids is 1. The van der Waals surface area contributed by atoms with E-state index in [1.165, 1.54) is 109 Å². The first kappa shape index (κ1) is 30.2. The summed E-state index contributed by atoms with van der Waals surface area (Å²) in [6, 6.07) is 6.45. The summed E-state index contributed by atoms with van der Waals surface area (Å²) in [5.41, 5.74) is 0.460. The second kappa shape index (κ2) is 19.8. The van der Waals surface area contributed by atoms with Crippen molar-refractivity contribution in [2.45, 2.75) is 96.8 Å². The van der Waals surface area contributed by atoms with Gasteiger partial charge in [0.1, 0.15) is 5.75 Å². The minimum Gasteiger partial charge on any atom is -0.545 e. The molecule has 0 saturated carbocycles. The maximum atomic E-state index is 10.0. The molecular formula is C28H49NO3. The summed E-state index contributed by atoms with van der Waals surface area (Å²) in [5.74, 6) is -1.23. The first-order valence-corrected chi connectivity index (χ1v) is 12.7. The molecule has 0 fully saturated rings. The van der Waals surface area contributed by atoms with E-state index in [1.54, 1.807) is 18.2 Å². The minimum absolute atomic E-state index is 0.0509. The van der Waals surface area contributed by atoms with E-state index < -0.39 is 5.97 Å². The van der Waals surface area contributed by atoms with E-state index in [4.69, 9.17) is 5.11 Å². The molecule has 0 heterocycles. The summed E-state index contributed by atoms with van der Waals surface area (Å²) in [6.07, 6.45) is 22.5. The van der Waals surface area contributed by atoms with E-state index in [9.17, 15) is 9.90 Å². The van der Waals surface area contributed by atoms with Gasteiger partial charge in [-0.05, 0) is 31.1 Å². The molecule has 0 unspecified atom stereocenters. The van der Waals surface area contributed by atoms with Crippen LogP contribution in [0.5, 0.6) is 5.75 Å². The molecule has 0 radical (unpaired) electrons. The number of rotatable bonds is 17. The molecule has 4 heteroatoms. The molecule has 184 valence electrons. The topological polar surface area (TPSA) is 60.4 Å². The van der Waals surface area contributed by atoms with Crippen molar-refractivity contribution in [2.75, 3.05) is 27.7 Å². The third-order valence-electron chi connectivity index (χ3n) is 5.52. The molecular weight excluding hydrogens is 398 g/mol. The molecule has 1 rings (SSSR count). The number of benzene rings is 1. The zero-order valence-corrected chi connectivity index (χ0v) is 21.3. The first-order valence-electron chi connectivity index (χ1n) is 12.7. The number of aromatic hydroxyl groups is 1. The van der Waals surface area contributed by atoms with Crippen molar-refractivity contribution in [2.24, 2.45) is 0 Å². The maximum absolute atomic E-state index is 10.0. The summed E-state index contributed by atoms with van der Waals surface area (Å²) < 4.78 is 1.12. The zero-order chi connectivity index (χ0) is 24.1. The Hall–Kier alpha value is -1.81. The summed E-state index contributed by atoms with van der Waals surface area (Å²) in [5, 5.41) is 19.2. The number of nitrogens with zero attached hydrogens (tertiary/aromatic N) is 1. The number of carbonyl (C=O) groups excluding carboxylic acids is 1. The molecule has 0 aliphatic carbocycles. The lowest BCUT2D eigenvalue weighted by Gasteiger charge is -2.23. The van der Waals surface area contributed by atoms with Crippen molar-refractivity contribution >= 4 is 12.0 Å². The van der Waals surface area contributed by atoms with Crippen LogP contribution in [-0.2, 0) is 4.79 Å². The van der Waals surface area contributed by atoms with Crippen molar-refractivity contribution in [3.63, 3.8) is 0 Å². The van der Waals surface area contributed by atoms with Crippen LogP contribution in [0.3, 0.4) is 0 Å². The molecule has 0 saturated heterocycles. The highest BCUT2D eigenvalue weighted by atomic mass is 16.4. The highest BCUT2D eigenvalue weighted by Crippen LogP contribution is 2.16. The predicted molar refractivity (Wildman–Crippen MR) is 135 cm³/mol. The van der Waals surface area contributed by atoms with Crippen LogP contribution in [0.15, 0.2) is 30.3 Å². The summed E-state index contributed by atoms with van der Waals surface area (Å²) in [7, 11) is 6.88. The standard InChI is InChI=1S/C19H42N.C9H8O3/c1-5-6-7-8-9-10-11-12-13-14-15-16-17-18-19-20(2,3)4;10-8-4-2-1-3-7(8)5-6-9(11)12/h5-19H2,1-4H3;1-6,10H,(H,11,12)/q+1;/p-1/b;6-5+. The van der Waals surface area contributed by atoms with Gasteiger partial charge in [-0.15, -0.1) is 0 Å². The Morgan fingerprint density at radius 2 is 1.25 bits per heavy atom. The Balaban J connectivity index is 0.000000677. The van der Waals surface area contributed by atoms with E-state index in [1.807, 2.05) is 0 Å². The number of phenols is 1. The lowest BCUT2D eigenvalue weighted by atomic mass is 10.0. The Morgan fingerprint density at radius 1 is 0.812 bits per heavy atom. The average molecular weight is 448 g/mol. The van der Waals surface area contributed by atoms with Gasteiger partial charge in [0.25, 0.3) is 0 Å². The average Bonchev–Trinajstić information content (AvgIpc) is 2.73. The lowest BCUT2D eigenvalue weighted by Crippen LogP contribution is -2.35. The molecule has 0 aliphatic heterocycles. The summed E-state index contributed by atoms with van der Waals surface area (Å²) in [6.45, 7) is 3.63. The fraction of sp³-hybridized carbons (Fsp3) is 0.679. The number of para-hydroxylation sites is 1. The summed E-state index contributed by atoms with van der Waals surface area (Å²) in [4.78, 5) is 10.0. The molecule has 32 heavy (non-hydrogen) atoms. The van der Waals surface area contributed by atoms with Gasteiger partial charge in [-0.3, -0.25) is 0 Å². The molecule has 0 aliphatic rings. The van der Waals surface area contributed by atoms with Crippen molar-refractivity contribution in [1.29, 1.82) is 0 Å². The van der Waals surface area contributed by atoms with E-state index in [0.717, 1.165) is 10.6 Å². The largest absolute Gasteiger partial charge is 0.545 e. The van der Waals surface area contributed by atoms with Crippen LogP contribution in [-0.4, -0.2) is 43.2 Å². The fourth-order valence-corrected chi connectivity index (χ4v) is 3.57. The van der Waals surface area contributed by atoms with Gasteiger partial charge in [-0.25, -0.2) is 0 Å². The van der Waals surface area contributed by atoms with Gasteiger partial charge >= 0.3 is 0 Å². The lowest BCUT2D eigenvalue weighted by molar-refractivity contribution is -0.870. The predicted octanol–water partition coefficient (Wildman–Crippen LogP) is 6.33. The molecule has 1 aromatic rings. The first-order chi connectivity index (χ1) is 15.3. The van der Waals surface area contributed by atoms with E-state index in [2.05, 4.69) is 28.1 Å². The smallest absolute Gasteiger partial charge is 0.122 e. The second-order valence-electron chi connectivity index (χ2n) is 9.82. The fourth-order valence-electron chi connectivity index (χ4n) is 3.57. The highest BCUT2D eigenvalue weighted by molar-refractivity contribution is 5.84. The second-order valence-corrected chi connectivity index (χ2v) is 9.82. The SMILES string of the molecule is CCCCCCCCCCCCCCCC[N+](C)(C)C.O=C([O-])/C=C/c1ccccc1O. The number of carbonyl (C=O) groups is 1. The number of unbranched alkanes of at least 4 members (excludes halogenated alkanes) is 13. The van der Waals surface area contributed by atoms with Crippen LogP contribution in [0.1, 0.15) is 102 Å². The Bertz CT molecular complexity index is 605. The minimum atomic E-state index is -1.28. The van der Waals surface area contributed by atoms with Gasteiger partial charge in [0.2, 0.25) is 0 Å². The molecule has 1 N–H and O–H groups in total. The maximum Gasteiger partial charge on any atom is 0.122 e. The number of hydrogen-bond donors (Lipinski definition) is 1. The van der Waals surface area contributed by atoms with Crippen molar-refractivity contribution in [3.8, 4) is 5.75 Å². The molecule has 4 nitrogen and oxygen atoms in total. The van der Waals surface area contributed by atoms with E-state index in [0.29, 0.717) is 5.56 Å². The van der Waals surface area contributed by atoms with Crippen LogP contribution in [0.4, 0.5) is 0 Å². The van der Waals surface area contributed by atoms with Gasteiger partial charge in [-0.1, -0.05) is 102 Å². The number of carboxylic acid groups (broad SMARTS) is 1. The van der Waals surface area contributed by atoms with Crippen LogP contribution in [0.25, 0.3) is 6.08 Å². The number of quaternary nitrogens is 1. The molecule has 0 aromatic heterocycles. The Morgan fingerprint density at radius 3 is 1.66 bits per heavy atom.